The second-order valence-corrected chi connectivity index (χ2v) is 2.15. The molecule has 1 heteroatoms. The fourth-order valence-corrected chi connectivity index (χ4v) is 0.686. The molecule has 1 rings (SSSR count). The third-order valence-corrected chi connectivity index (χ3v) is 1.89. The summed E-state index contributed by atoms with van der Waals surface area (Å²) in [6.07, 6.45) is 0. The average molecular weight is 85.2 g/mol. The van der Waals surface area contributed by atoms with E-state index in [1.807, 2.05) is 0 Å². The van der Waals surface area contributed by atoms with Crippen molar-refractivity contribution in [2.24, 2.45) is 0 Å². The Morgan fingerprint density at radius 2 is 1.33 bits per heavy atom. The van der Waals surface area contributed by atoms with Gasteiger partial charge in [-0.25, -0.2) is 0 Å². The van der Waals surface area contributed by atoms with Crippen LogP contribution in [0.15, 0.2) is 0 Å². The molecule has 0 spiro atoms. The molecule has 1 aliphatic heterocycles. The van der Waals surface area contributed by atoms with Crippen molar-refractivity contribution >= 4 is 0 Å². The highest BCUT2D eigenvalue weighted by molar-refractivity contribution is 4.91. The van der Waals surface area contributed by atoms with Gasteiger partial charge in [0.05, 0.1) is 0 Å². The van der Waals surface area contributed by atoms with Crippen molar-refractivity contribution in [3.63, 3.8) is 0 Å². The molecule has 3 atom stereocenters. The monoisotopic (exact) mass is 85.1 g/mol. The maximum Gasteiger partial charge on any atom is 0.0221 e. The molecule has 1 fully saturated rings. The Morgan fingerprint density at radius 3 is 1.33 bits per heavy atom. The molecule has 0 N–H and O–H groups in total. The maximum absolute atomic E-state index is 2.33. The minimum atomic E-state index is 0.852. The fourth-order valence-electron chi connectivity index (χ4n) is 0.686. The quantitative estimate of drug-likeness (QED) is 0.391. The first-order valence-corrected chi connectivity index (χ1v) is 2.45. The summed E-state index contributed by atoms with van der Waals surface area (Å²) in [6.45, 7) is 4.48. The topological polar surface area (TPSA) is 3.01 Å². The largest absolute Gasteiger partial charge is 0.298 e. The SMILES string of the molecule is CC1[C@H](C)N1C. The molecule has 0 radical (unpaired) electrons. The van der Waals surface area contributed by atoms with E-state index in [0.717, 1.165) is 12.1 Å². The fraction of sp³-hybridized carbons (Fsp3) is 1.00. The molecule has 0 aromatic heterocycles. The standard InChI is InChI=1S/C5H11N/c1-4-5(2)6(4)3/h4-5H,1-3H3/t4-,5?,6?/m0/s1. The van der Waals surface area contributed by atoms with E-state index in [4.69, 9.17) is 0 Å². The Labute approximate surface area is 39.0 Å². The predicted molar refractivity (Wildman–Crippen MR) is 26.7 cm³/mol. The Morgan fingerprint density at radius 1 is 1.17 bits per heavy atom. The minimum absolute atomic E-state index is 0.852. The van der Waals surface area contributed by atoms with E-state index in [2.05, 4.69) is 25.8 Å². The first-order valence-electron chi connectivity index (χ1n) is 2.45. The van der Waals surface area contributed by atoms with Crippen LogP contribution < -0.4 is 0 Å². The molecule has 0 saturated carbocycles. The van der Waals surface area contributed by atoms with Gasteiger partial charge >= 0.3 is 0 Å². The van der Waals surface area contributed by atoms with Crippen molar-refractivity contribution < 1.29 is 0 Å². The maximum atomic E-state index is 2.33. The van der Waals surface area contributed by atoms with E-state index in [0.29, 0.717) is 0 Å². The first kappa shape index (κ1) is 4.13. The van der Waals surface area contributed by atoms with Crippen LogP contribution in [-0.2, 0) is 0 Å². The van der Waals surface area contributed by atoms with Crippen LogP contribution in [0.3, 0.4) is 0 Å². The molecule has 1 aliphatic rings. The van der Waals surface area contributed by atoms with Crippen LogP contribution in [0, 0.1) is 0 Å². The van der Waals surface area contributed by atoms with Crippen LogP contribution in [-0.4, -0.2) is 24.0 Å². The Hall–Kier alpha value is -0.0400. The van der Waals surface area contributed by atoms with Crippen LogP contribution in [0.1, 0.15) is 13.8 Å². The Kier molecular flexibility index (Phi) is 0.667. The third-order valence-electron chi connectivity index (χ3n) is 1.89. The number of rotatable bonds is 0. The summed E-state index contributed by atoms with van der Waals surface area (Å²) in [4.78, 5) is 2.33. The van der Waals surface area contributed by atoms with Crippen molar-refractivity contribution in [1.82, 2.24) is 4.90 Å². The second kappa shape index (κ2) is 0.969. The van der Waals surface area contributed by atoms with Gasteiger partial charge in [0.25, 0.3) is 0 Å². The van der Waals surface area contributed by atoms with Crippen molar-refractivity contribution in [3.8, 4) is 0 Å². The van der Waals surface area contributed by atoms with Gasteiger partial charge in [0.15, 0.2) is 0 Å². The van der Waals surface area contributed by atoms with E-state index < -0.39 is 0 Å². The first-order chi connectivity index (χ1) is 2.73. The van der Waals surface area contributed by atoms with Crippen molar-refractivity contribution in [2.45, 2.75) is 25.9 Å². The van der Waals surface area contributed by atoms with E-state index in [1.165, 1.54) is 0 Å². The minimum Gasteiger partial charge on any atom is -0.298 e. The lowest BCUT2D eigenvalue weighted by Gasteiger charge is -1.77. The van der Waals surface area contributed by atoms with Crippen LogP contribution in [0.5, 0.6) is 0 Å². The summed E-state index contributed by atoms with van der Waals surface area (Å²) < 4.78 is 0. The summed E-state index contributed by atoms with van der Waals surface area (Å²) in [5, 5.41) is 0. The lowest BCUT2D eigenvalue weighted by Crippen LogP contribution is -1.85. The summed E-state index contributed by atoms with van der Waals surface area (Å²) in [6, 6.07) is 1.70. The zero-order chi connectivity index (χ0) is 4.73. The number of hydrogen-bond donors (Lipinski definition) is 0. The summed E-state index contributed by atoms with van der Waals surface area (Å²) in [5.41, 5.74) is 0. The number of likely N-dealkylation sites (N-methyl/N-ethyl adjacent to an activating group) is 1. The highest BCUT2D eigenvalue weighted by Gasteiger charge is 2.34. The van der Waals surface area contributed by atoms with Crippen LogP contribution >= 0.6 is 0 Å². The van der Waals surface area contributed by atoms with Crippen molar-refractivity contribution in [1.29, 1.82) is 0 Å². The van der Waals surface area contributed by atoms with Gasteiger partial charge in [0.1, 0.15) is 0 Å². The normalized spacial score (nSPS) is 55.5. The molecule has 36 valence electrons. The molecule has 0 aromatic carbocycles. The molecule has 1 nitrogen and oxygen atoms in total. The van der Waals surface area contributed by atoms with Gasteiger partial charge in [-0.1, -0.05) is 0 Å². The average Bonchev–Trinajstić information content (AvgIpc) is 1.94. The van der Waals surface area contributed by atoms with E-state index in [9.17, 15) is 0 Å². The Balaban J connectivity index is 2.31. The molecule has 1 heterocycles. The van der Waals surface area contributed by atoms with Crippen LogP contribution in [0.2, 0.25) is 0 Å². The summed E-state index contributed by atoms with van der Waals surface area (Å²) in [7, 11) is 2.15. The van der Waals surface area contributed by atoms with Crippen molar-refractivity contribution in [3.05, 3.63) is 0 Å². The van der Waals surface area contributed by atoms with Gasteiger partial charge in [-0.3, -0.25) is 4.90 Å². The van der Waals surface area contributed by atoms with Gasteiger partial charge in [0.2, 0.25) is 0 Å². The highest BCUT2D eigenvalue weighted by atomic mass is 15.3. The number of hydrogen-bond acceptors (Lipinski definition) is 1. The highest BCUT2D eigenvalue weighted by Crippen LogP contribution is 2.22. The summed E-state index contributed by atoms with van der Waals surface area (Å²) in [5.74, 6) is 0. The zero-order valence-corrected chi connectivity index (χ0v) is 4.60. The van der Waals surface area contributed by atoms with E-state index in [1.54, 1.807) is 0 Å². The summed E-state index contributed by atoms with van der Waals surface area (Å²) >= 11 is 0. The molecule has 0 bridgehead atoms. The molecule has 2 unspecified atom stereocenters. The zero-order valence-electron chi connectivity index (χ0n) is 4.60. The van der Waals surface area contributed by atoms with Gasteiger partial charge in [-0.05, 0) is 20.9 Å². The van der Waals surface area contributed by atoms with E-state index in [-0.39, 0.29) is 0 Å². The van der Waals surface area contributed by atoms with Gasteiger partial charge < -0.3 is 0 Å². The van der Waals surface area contributed by atoms with Gasteiger partial charge in [-0.15, -0.1) is 0 Å². The van der Waals surface area contributed by atoms with Crippen molar-refractivity contribution in [2.75, 3.05) is 7.05 Å². The van der Waals surface area contributed by atoms with E-state index >= 15 is 0 Å². The Bertz CT molecular complexity index is 40.7. The lowest BCUT2D eigenvalue weighted by molar-refractivity contribution is 0.605. The molecular weight excluding hydrogens is 74.1 g/mol. The van der Waals surface area contributed by atoms with Gasteiger partial charge in [0, 0.05) is 12.1 Å². The molecule has 1 saturated heterocycles. The predicted octanol–water partition coefficient (Wildman–Crippen LogP) is 0.709. The molecule has 6 heavy (non-hydrogen) atoms. The molecule has 0 aromatic rings. The molecule has 0 aliphatic carbocycles. The van der Waals surface area contributed by atoms with Crippen LogP contribution in [0.25, 0.3) is 0 Å². The van der Waals surface area contributed by atoms with Gasteiger partial charge in [-0.2, -0.15) is 0 Å². The number of nitrogens with zero attached hydrogens (tertiary/aromatic N) is 1. The third kappa shape index (κ3) is 0.350. The lowest BCUT2D eigenvalue weighted by atomic mass is 10.4. The molecular formula is C5H11N. The van der Waals surface area contributed by atoms with Crippen LogP contribution in [0.4, 0.5) is 0 Å². The smallest absolute Gasteiger partial charge is 0.0221 e. The second-order valence-electron chi connectivity index (χ2n) is 2.15. The molecule has 0 amide bonds.